The molecule has 3 aromatic heterocycles. The Morgan fingerprint density at radius 3 is 2.89 bits per heavy atom. The second-order valence-corrected chi connectivity index (χ2v) is 6.22. The summed E-state index contributed by atoms with van der Waals surface area (Å²) in [6, 6.07) is 9.16. The summed E-state index contributed by atoms with van der Waals surface area (Å²) in [7, 11) is 3.41. The SMILES string of the molecule is COc1ccc(Nc2nc(NCc3ccco3)nc3c2cnn3C)cc1Cl. The third-order valence-electron chi connectivity index (χ3n) is 4.01. The fraction of sp³-hybridized carbons (Fsp3) is 0.167. The van der Waals surface area contributed by atoms with Crippen LogP contribution in [0.4, 0.5) is 17.5 Å². The van der Waals surface area contributed by atoms with E-state index in [1.54, 1.807) is 36.4 Å². The lowest BCUT2D eigenvalue weighted by atomic mass is 10.3. The van der Waals surface area contributed by atoms with E-state index >= 15 is 0 Å². The Kier molecular flexibility index (Phi) is 4.55. The van der Waals surface area contributed by atoms with Gasteiger partial charge in [0, 0.05) is 12.7 Å². The zero-order valence-electron chi connectivity index (χ0n) is 14.7. The molecule has 0 atom stereocenters. The average molecular weight is 385 g/mol. The highest BCUT2D eigenvalue weighted by molar-refractivity contribution is 6.32. The molecule has 0 fully saturated rings. The summed E-state index contributed by atoms with van der Waals surface area (Å²) in [6.45, 7) is 0.476. The number of nitrogens with one attached hydrogen (secondary N) is 2. The number of furan rings is 1. The van der Waals surface area contributed by atoms with Gasteiger partial charge < -0.3 is 19.8 Å². The molecule has 2 N–H and O–H groups in total. The molecule has 0 saturated heterocycles. The second kappa shape index (κ2) is 7.16. The number of fused-ring (bicyclic) bond motifs is 1. The molecular formula is C18H17ClN6O2. The largest absolute Gasteiger partial charge is 0.495 e. The van der Waals surface area contributed by atoms with E-state index in [1.807, 2.05) is 25.2 Å². The van der Waals surface area contributed by atoms with Crippen LogP contribution >= 0.6 is 11.6 Å². The molecule has 138 valence electrons. The summed E-state index contributed by atoms with van der Waals surface area (Å²) >= 11 is 6.22. The van der Waals surface area contributed by atoms with Crippen molar-refractivity contribution >= 4 is 40.1 Å². The molecule has 4 aromatic rings. The summed E-state index contributed by atoms with van der Waals surface area (Å²) in [4.78, 5) is 9.11. The predicted molar refractivity (Wildman–Crippen MR) is 104 cm³/mol. The molecular weight excluding hydrogens is 368 g/mol. The van der Waals surface area contributed by atoms with Gasteiger partial charge in [0.1, 0.15) is 17.3 Å². The van der Waals surface area contributed by atoms with Crippen molar-refractivity contribution in [2.45, 2.75) is 6.54 Å². The number of halogens is 1. The number of aryl methyl sites for hydroxylation is 1. The topological polar surface area (TPSA) is 90.0 Å². The minimum Gasteiger partial charge on any atom is -0.495 e. The van der Waals surface area contributed by atoms with Crippen LogP contribution in [0.5, 0.6) is 5.75 Å². The molecule has 0 saturated carbocycles. The number of ether oxygens (including phenoxy) is 1. The Balaban J connectivity index is 1.67. The number of anilines is 3. The minimum atomic E-state index is 0.463. The Labute approximate surface area is 160 Å². The van der Waals surface area contributed by atoms with Crippen LogP contribution in [0.1, 0.15) is 5.76 Å². The van der Waals surface area contributed by atoms with E-state index < -0.39 is 0 Å². The maximum absolute atomic E-state index is 6.22. The van der Waals surface area contributed by atoms with Gasteiger partial charge in [-0.3, -0.25) is 4.68 Å². The molecule has 0 unspecified atom stereocenters. The Morgan fingerprint density at radius 2 is 2.15 bits per heavy atom. The molecule has 9 heteroatoms. The molecule has 8 nitrogen and oxygen atoms in total. The van der Waals surface area contributed by atoms with E-state index in [0.717, 1.165) is 16.8 Å². The molecule has 0 bridgehead atoms. The van der Waals surface area contributed by atoms with Gasteiger partial charge in [-0.15, -0.1) is 0 Å². The maximum Gasteiger partial charge on any atom is 0.227 e. The molecule has 0 radical (unpaired) electrons. The minimum absolute atomic E-state index is 0.463. The smallest absolute Gasteiger partial charge is 0.227 e. The maximum atomic E-state index is 6.22. The van der Waals surface area contributed by atoms with Crippen LogP contribution < -0.4 is 15.4 Å². The first-order valence-corrected chi connectivity index (χ1v) is 8.58. The van der Waals surface area contributed by atoms with Gasteiger partial charge in [-0.2, -0.15) is 15.1 Å². The molecule has 3 heterocycles. The van der Waals surface area contributed by atoms with Crippen LogP contribution in [0.3, 0.4) is 0 Å². The molecule has 0 aliphatic carbocycles. The van der Waals surface area contributed by atoms with E-state index in [-0.39, 0.29) is 0 Å². The van der Waals surface area contributed by atoms with Gasteiger partial charge in [0.05, 0.1) is 36.5 Å². The first kappa shape index (κ1) is 17.2. The van der Waals surface area contributed by atoms with Crippen LogP contribution in [0.25, 0.3) is 11.0 Å². The first-order valence-electron chi connectivity index (χ1n) is 8.20. The zero-order valence-corrected chi connectivity index (χ0v) is 15.5. The van der Waals surface area contributed by atoms with E-state index in [1.165, 1.54) is 0 Å². The van der Waals surface area contributed by atoms with Crippen molar-refractivity contribution < 1.29 is 9.15 Å². The fourth-order valence-electron chi connectivity index (χ4n) is 2.66. The number of hydrogen-bond donors (Lipinski definition) is 2. The zero-order chi connectivity index (χ0) is 18.8. The number of methoxy groups -OCH3 is 1. The van der Waals surface area contributed by atoms with Crippen molar-refractivity contribution in [2.24, 2.45) is 7.05 Å². The molecule has 0 aliphatic rings. The standard InChI is InChI=1S/C18H17ClN6O2/c1-25-17-13(10-21-25)16(22-11-5-6-15(26-2)14(19)8-11)23-18(24-17)20-9-12-4-3-7-27-12/h3-8,10H,9H2,1-2H3,(H2,20,22,23,24). The Hall–Kier alpha value is -3.26. The number of aromatic nitrogens is 4. The molecule has 0 aliphatic heterocycles. The van der Waals surface area contributed by atoms with Crippen molar-refractivity contribution in [3.8, 4) is 5.75 Å². The number of nitrogens with zero attached hydrogens (tertiary/aromatic N) is 4. The second-order valence-electron chi connectivity index (χ2n) is 5.81. The van der Waals surface area contributed by atoms with Crippen molar-refractivity contribution in [2.75, 3.05) is 17.7 Å². The molecule has 4 rings (SSSR count). The summed E-state index contributed by atoms with van der Waals surface area (Å²) in [5.74, 6) is 2.48. The van der Waals surface area contributed by atoms with E-state index in [4.69, 9.17) is 20.8 Å². The summed E-state index contributed by atoms with van der Waals surface area (Å²) in [5.41, 5.74) is 1.48. The van der Waals surface area contributed by atoms with Gasteiger partial charge in [0.15, 0.2) is 5.65 Å². The number of benzene rings is 1. The number of rotatable bonds is 6. The van der Waals surface area contributed by atoms with Gasteiger partial charge >= 0.3 is 0 Å². The van der Waals surface area contributed by atoms with Crippen LogP contribution in [0.2, 0.25) is 5.02 Å². The van der Waals surface area contributed by atoms with Crippen molar-refractivity contribution in [3.63, 3.8) is 0 Å². The monoisotopic (exact) mass is 384 g/mol. The highest BCUT2D eigenvalue weighted by atomic mass is 35.5. The van der Waals surface area contributed by atoms with Crippen LogP contribution in [0, 0.1) is 0 Å². The van der Waals surface area contributed by atoms with Gasteiger partial charge in [-0.05, 0) is 30.3 Å². The third-order valence-corrected chi connectivity index (χ3v) is 4.30. The van der Waals surface area contributed by atoms with E-state index in [2.05, 4.69) is 25.7 Å². The highest BCUT2D eigenvalue weighted by Gasteiger charge is 2.13. The number of hydrogen-bond acceptors (Lipinski definition) is 7. The highest BCUT2D eigenvalue weighted by Crippen LogP contribution is 2.30. The molecule has 0 spiro atoms. The summed E-state index contributed by atoms with van der Waals surface area (Å²) in [5, 5.41) is 12.0. The average Bonchev–Trinajstić information content (AvgIpc) is 3.31. The first-order chi connectivity index (χ1) is 13.1. The molecule has 0 amide bonds. The lowest BCUT2D eigenvalue weighted by Crippen LogP contribution is -2.06. The lowest BCUT2D eigenvalue weighted by molar-refractivity contribution is 0.415. The third kappa shape index (κ3) is 3.52. The van der Waals surface area contributed by atoms with Crippen LogP contribution in [-0.4, -0.2) is 26.9 Å². The van der Waals surface area contributed by atoms with Gasteiger partial charge in [0.25, 0.3) is 0 Å². The van der Waals surface area contributed by atoms with Crippen molar-refractivity contribution in [1.82, 2.24) is 19.7 Å². The molecule has 27 heavy (non-hydrogen) atoms. The Bertz CT molecular complexity index is 1080. The fourth-order valence-corrected chi connectivity index (χ4v) is 2.91. The van der Waals surface area contributed by atoms with Crippen molar-refractivity contribution in [1.29, 1.82) is 0 Å². The van der Waals surface area contributed by atoms with E-state index in [9.17, 15) is 0 Å². The quantitative estimate of drug-likeness (QED) is 0.519. The van der Waals surface area contributed by atoms with Gasteiger partial charge in [-0.25, -0.2) is 0 Å². The van der Waals surface area contributed by atoms with Crippen LogP contribution in [0.15, 0.2) is 47.2 Å². The summed E-state index contributed by atoms with van der Waals surface area (Å²) in [6.07, 6.45) is 3.35. The molecule has 1 aromatic carbocycles. The van der Waals surface area contributed by atoms with Crippen LogP contribution in [-0.2, 0) is 13.6 Å². The Morgan fingerprint density at radius 1 is 1.26 bits per heavy atom. The normalized spacial score (nSPS) is 10.9. The van der Waals surface area contributed by atoms with Gasteiger partial charge in [-0.1, -0.05) is 11.6 Å². The van der Waals surface area contributed by atoms with Gasteiger partial charge in [0.2, 0.25) is 5.95 Å². The predicted octanol–water partition coefficient (Wildman–Crippen LogP) is 3.97. The summed E-state index contributed by atoms with van der Waals surface area (Å²) < 4.78 is 12.2. The van der Waals surface area contributed by atoms with Crippen molar-refractivity contribution in [3.05, 3.63) is 53.6 Å². The van der Waals surface area contributed by atoms with E-state index in [0.29, 0.717) is 34.7 Å². The lowest BCUT2D eigenvalue weighted by Gasteiger charge is -2.11.